The topological polar surface area (TPSA) is 71.1 Å². The maximum absolute atomic E-state index is 6.22. The Balaban J connectivity index is 1.54. The molecule has 0 unspecified atom stereocenters. The Morgan fingerprint density at radius 2 is 2.04 bits per heavy atom. The van der Waals surface area contributed by atoms with Gasteiger partial charge in [0.15, 0.2) is 5.58 Å². The van der Waals surface area contributed by atoms with E-state index in [0.29, 0.717) is 6.01 Å². The number of para-hydroxylation sites is 2. The van der Waals surface area contributed by atoms with Crippen LogP contribution in [0.25, 0.3) is 22.1 Å². The van der Waals surface area contributed by atoms with Crippen molar-refractivity contribution in [1.82, 2.24) is 15.0 Å². The number of benzene rings is 2. The van der Waals surface area contributed by atoms with Crippen LogP contribution in [-0.2, 0) is 6.42 Å². The normalized spacial score (nSPS) is 16.8. The number of nitrogens with zero attached hydrogens (tertiary/aromatic N) is 3. The Kier molecular flexibility index (Phi) is 3.17. The van der Waals surface area contributed by atoms with Gasteiger partial charge in [0.05, 0.1) is 12.0 Å². The smallest absolute Gasteiger partial charge is 0.299 e. The van der Waals surface area contributed by atoms with E-state index in [1.807, 2.05) is 43.3 Å². The fourth-order valence-corrected chi connectivity index (χ4v) is 4.11. The van der Waals surface area contributed by atoms with E-state index in [2.05, 4.69) is 27.0 Å². The van der Waals surface area contributed by atoms with Gasteiger partial charge in [-0.05, 0) is 30.7 Å². The molecule has 0 saturated heterocycles. The number of hydrogen-bond acceptors (Lipinski definition) is 5. The summed E-state index contributed by atoms with van der Waals surface area (Å²) in [6.07, 6.45) is 2.60. The van der Waals surface area contributed by atoms with Crippen molar-refractivity contribution in [3.8, 4) is 0 Å². The predicted molar refractivity (Wildman–Crippen MR) is 106 cm³/mol. The maximum Gasteiger partial charge on any atom is 0.299 e. The van der Waals surface area contributed by atoms with Gasteiger partial charge in [-0.3, -0.25) is 0 Å². The highest BCUT2D eigenvalue weighted by Crippen LogP contribution is 2.39. The molecule has 5 aromatic rings. The molecule has 1 atom stereocenters. The summed E-state index contributed by atoms with van der Waals surface area (Å²) in [5.41, 5.74) is 5.74. The molecule has 6 heteroatoms. The second-order valence-corrected chi connectivity index (χ2v) is 7.22. The van der Waals surface area contributed by atoms with Crippen LogP contribution in [0.2, 0.25) is 0 Å². The second-order valence-electron chi connectivity index (χ2n) is 7.22. The van der Waals surface area contributed by atoms with Gasteiger partial charge in [-0.15, -0.1) is 0 Å². The summed E-state index contributed by atoms with van der Waals surface area (Å²) in [6, 6.07) is 16.6. The quantitative estimate of drug-likeness (QED) is 0.485. The molecule has 2 aromatic carbocycles. The monoisotopic (exact) mass is 370 g/mol. The van der Waals surface area contributed by atoms with Gasteiger partial charge in [0, 0.05) is 24.0 Å². The summed E-state index contributed by atoms with van der Waals surface area (Å²) in [6.45, 7) is 2.80. The van der Waals surface area contributed by atoms with Crippen molar-refractivity contribution in [3.63, 3.8) is 0 Å². The van der Waals surface area contributed by atoms with Crippen LogP contribution in [0.5, 0.6) is 0 Å². The van der Waals surface area contributed by atoms with Gasteiger partial charge in [-0.2, -0.15) is 4.98 Å². The standard InChI is InChI=1S/C22H18N4O2/c1-13-5-4-7-16-21(13)28-22(25-16)26-10-9-15-19(24-12-23-15)20(26)18-11-14-6-2-3-8-17(14)27-18/h2-8,11-12,20H,9-10H2,1H3,(H,23,24)/t20-/m1/s1. The Morgan fingerprint density at radius 1 is 1.11 bits per heavy atom. The molecule has 1 aliphatic rings. The number of oxazole rings is 1. The van der Waals surface area contributed by atoms with E-state index in [1.165, 1.54) is 0 Å². The van der Waals surface area contributed by atoms with Gasteiger partial charge in [-0.1, -0.05) is 30.3 Å². The average Bonchev–Trinajstić information content (AvgIpc) is 3.44. The van der Waals surface area contributed by atoms with Crippen LogP contribution in [0.4, 0.5) is 6.01 Å². The van der Waals surface area contributed by atoms with E-state index >= 15 is 0 Å². The second kappa shape index (κ2) is 5.73. The SMILES string of the molecule is Cc1cccc2nc(N3CCc4[nH]cnc4[C@H]3c3cc4ccccc4o3)oc12. The predicted octanol–water partition coefficient (Wildman–Crippen LogP) is 4.76. The number of imidazole rings is 1. The zero-order chi connectivity index (χ0) is 18.7. The lowest BCUT2D eigenvalue weighted by Gasteiger charge is -2.32. The maximum atomic E-state index is 6.22. The van der Waals surface area contributed by atoms with E-state index in [1.54, 1.807) is 6.33 Å². The molecule has 0 spiro atoms. The van der Waals surface area contributed by atoms with Crippen molar-refractivity contribution >= 4 is 28.1 Å². The number of fused-ring (bicyclic) bond motifs is 3. The molecule has 6 nitrogen and oxygen atoms in total. The van der Waals surface area contributed by atoms with Gasteiger partial charge in [0.25, 0.3) is 6.01 Å². The van der Waals surface area contributed by atoms with Crippen LogP contribution in [-0.4, -0.2) is 21.5 Å². The summed E-state index contributed by atoms with van der Waals surface area (Å²) in [7, 11) is 0. The van der Waals surface area contributed by atoms with E-state index in [-0.39, 0.29) is 6.04 Å². The fourth-order valence-electron chi connectivity index (χ4n) is 4.11. The van der Waals surface area contributed by atoms with E-state index in [9.17, 15) is 0 Å². The molecule has 0 aliphatic carbocycles. The largest absolute Gasteiger partial charge is 0.458 e. The molecular weight excluding hydrogens is 352 g/mol. The molecule has 1 aliphatic heterocycles. The highest BCUT2D eigenvalue weighted by Gasteiger charge is 2.36. The van der Waals surface area contributed by atoms with Gasteiger partial charge in [0.1, 0.15) is 22.9 Å². The first-order valence-electron chi connectivity index (χ1n) is 9.41. The van der Waals surface area contributed by atoms with Crippen LogP contribution in [0.1, 0.15) is 28.8 Å². The van der Waals surface area contributed by atoms with Crippen molar-refractivity contribution in [2.24, 2.45) is 0 Å². The van der Waals surface area contributed by atoms with Crippen LogP contribution in [0.3, 0.4) is 0 Å². The molecule has 0 amide bonds. The number of aromatic nitrogens is 3. The highest BCUT2D eigenvalue weighted by molar-refractivity contribution is 5.79. The molecule has 1 N–H and O–H groups in total. The average molecular weight is 370 g/mol. The third kappa shape index (κ3) is 2.21. The lowest BCUT2D eigenvalue weighted by Crippen LogP contribution is -2.36. The zero-order valence-corrected chi connectivity index (χ0v) is 15.3. The van der Waals surface area contributed by atoms with Crippen LogP contribution < -0.4 is 4.90 Å². The number of furan rings is 1. The van der Waals surface area contributed by atoms with E-state index in [0.717, 1.165) is 57.7 Å². The number of aromatic amines is 1. The summed E-state index contributed by atoms with van der Waals surface area (Å²) in [5.74, 6) is 0.841. The third-order valence-corrected chi connectivity index (χ3v) is 5.49. The van der Waals surface area contributed by atoms with Crippen molar-refractivity contribution in [2.75, 3.05) is 11.4 Å². The lowest BCUT2D eigenvalue weighted by atomic mass is 10.0. The Morgan fingerprint density at radius 3 is 2.93 bits per heavy atom. The molecule has 4 heterocycles. The first kappa shape index (κ1) is 15.5. The van der Waals surface area contributed by atoms with Crippen molar-refractivity contribution in [3.05, 3.63) is 77.6 Å². The Labute approximate surface area is 160 Å². The molecule has 138 valence electrons. The molecule has 6 rings (SSSR count). The van der Waals surface area contributed by atoms with Crippen LogP contribution in [0, 0.1) is 6.92 Å². The summed E-state index contributed by atoms with van der Waals surface area (Å²) >= 11 is 0. The molecule has 0 fully saturated rings. The first-order chi connectivity index (χ1) is 13.8. The molecule has 3 aromatic heterocycles. The summed E-state index contributed by atoms with van der Waals surface area (Å²) in [4.78, 5) is 14.8. The minimum absolute atomic E-state index is 0.184. The van der Waals surface area contributed by atoms with E-state index in [4.69, 9.17) is 13.8 Å². The minimum atomic E-state index is -0.184. The number of hydrogen-bond donors (Lipinski definition) is 1. The van der Waals surface area contributed by atoms with Crippen molar-refractivity contribution in [1.29, 1.82) is 0 Å². The number of rotatable bonds is 2. The third-order valence-electron chi connectivity index (χ3n) is 5.49. The van der Waals surface area contributed by atoms with Gasteiger partial charge >= 0.3 is 0 Å². The summed E-state index contributed by atoms with van der Waals surface area (Å²) < 4.78 is 12.4. The fraction of sp³-hybridized carbons (Fsp3) is 0.182. The first-order valence-corrected chi connectivity index (χ1v) is 9.41. The molecule has 0 bridgehead atoms. The van der Waals surface area contributed by atoms with Gasteiger partial charge in [-0.25, -0.2) is 4.98 Å². The lowest BCUT2D eigenvalue weighted by molar-refractivity contribution is 0.458. The zero-order valence-electron chi connectivity index (χ0n) is 15.3. The van der Waals surface area contributed by atoms with Crippen LogP contribution >= 0.6 is 0 Å². The van der Waals surface area contributed by atoms with E-state index < -0.39 is 0 Å². The van der Waals surface area contributed by atoms with Gasteiger partial charge in [0.2, 0.25) is 0 Å². The Hall–Kier alpha value is -3.54. The highest BCUT2D eigenvalue weighted by atomic mass is 16.4. The number of H-pyrrole nitrogens is 1. The number of aryl methyl sites for hydroxylation is 1. The van der Waals surface area contributed by atoms with Gasteiger partial charge < -0.3 is 18.7 Å². The van der Waals surface area contributed by atoms with Crippen molar-refractivity contribution < 1.29 is 8.83 Å². The number of nitrogens with one attached hydrogen (secondary N) is 1. The Bertz CT molecular complexity index is 1280. The minimum Gasteiger partial charge on any atom is -0.458 e. The molecular formula is C22H18N4O2. The van der Waals surface area contributed by atoms with Crippen molar-refractivity contribution in [2.45, 2.75) is 19.4 Å². The molecule has 28 heavy (non-hydrogen) atoms. The number of anilines is 1. The molecule has 0 radical (unpaired) electrons. The molecule has 0 saturated carbocycles. The van der Waals surface area contributed by atoms with Crippen LogP contribution in [0.15, 0.2) is 63.7 Å². The summed E-state index contributed by atoms with van der Waals surface area (Å²) in [5, 5.41) is 1.08.